The second kappa shape index (κ2) is 6.74. The van der Waals surface area contributed by atoms with Gasteiger partial charge < -0.3 is 10.2 Å². The smallest absolute Gasteiger partial charge is 0.128 e. The Balaban J connectivity index is 0.000000574. The van der Waals surface area contributed by atoms with Crippen LogP contribution in [0.1, 0.15) is 37.9 Å². The molecule has 1 aromatic heterocycles. The normalized spacial score (nSPS) is 18.7. The molecule has 3 rings (SSSR count). The Morgan fingerprint density at radius 2 is 1.78 bits per heavy atom. The van der Waals surface area contributed by atoms with Gasteiger partial charge in [0, 0.05) is 31.9 Å². The van der Waals surface area contributed by atoms with Gasteiger partial charge in [0.25, 0.3) is 0 Å². The van der Waals surface area contributed by atoms with E-state index in [0.717, 1.165) is 26.2 Å². The third-order valence-electron chi connectivity index (χ3n) is 3.60. The lowest BCUT2D eigenvalue weighted by Gasteiger charge is -2.29. The van der Waals surface area contributed by atoms with Gasteiger partial charge >= 0.3 is 0 Å². The molecule has 2 aliphatic rings. The summed E-state index contributed by atoms with van der Waals surface area (Å²) < 4.78 is 0. The molecule has 0 atom stereocenters. The summed E-state index contributed by atoms with van der Waals surface area (Å²) in [7, 11) is 0. The lowest BCUT2D eigenvalue weighted by atomic mass is 9.96. The number of hydrogen-bond donors (Lipinski definition) is 1. The zero-order chi connectivity index (χ0) is 12.8. The fourth-order valence-electron chi connectivity index (χ4n) is 2.64. The van der Waals surface area contributed by atoms with Crippen LogP contribution in [0.3, 0.4) is 0 Å². The van der Waals surface area contributed by atoms with Crippen LogP contribution in [-0.4, -0.2) is 31.2 Å². The predicted octanol–water partition coefficient (Wildman–Crippen LogP) is 2.40. The summed E-state index contributed by atoms with van der Waals surface area (Å²) in [5.74, 6) is 1.18. The first-order chi connectivity index (χ1) is 8.93. The molecule has 0 radical (unpaired) electrons. The van der Waals surface area contributed by atoms with Gasteiger partial charge in [-0.3, -0.25) is 0 Å². The Hall–Kier alpha value is -1.09. The van der Waals surface area contributed by atoms with Gasteiger partial charge in [0.1, 0.15) is 5.82 Å². The lowest BCUT2D eigenvalue weighted by Crippen LogP contribution is -2.44. The topological polar surface area (TPSA) is 28.2 Å². The molecule has 3 nitrogen and oxygen atoms in total. The summed E-state index contributed by atoms with van der Waals surface area (Å²) in [4.78, 5) is 7.23. The van der Waals surface area contributed by atoms with Crippen molar-refractivity contribution in [3.63, 3.8) is 0 Å². The Morgan fingerprint density at radius 3 is 2.56 bits per heavy atom. The number of rotatable bonds is 1. The minimum absolute atomic E-state index is 1.08. The van der Waals surface area contributed by atoms with Crippen LogP contribution >= 0.6 is 0 Å². The van der Waals surface area contributed by atoms with E-state index in [4.69, 9.17) is 4.98 Å². The van der Waals surface area contributed by atoms with Gasteiger partial charge in [-0.15, -0.1) is 0 Å². The van der Waals surface area contributed by atoms with E-state index in [1.165, 1.54) is 42.8 Å². The van der Waals surface area contributed by atoms with Gasteiger partial charge in [0.05, 0.1) is 0 Å². The van der Waals surface area contributed by atoms with E-state index in [0.29, 0.717) is 0 Å². The highest BCUT2D eigenvalue weighted by Gasteiger charge is 2.15. The van der Waals surface area contributed by atoms with Gasteiger partial charge in [-0.25, -0.2) is 4.98 Å². The van der Waals surface area contributed by atoms with E-state index >= 15 is 0 Å². The Kier molecular flexibility index (Phi) is 5.00. The van der Waals surface area contributed by atoms with Crippen LogP contribution in [0.15, 0.2) is 12.1 Å². The lowest BCUT2D eigenvalue weighted by molar-refractivity contribution is 0.582. The fourth-order valence-corrected chi connectivity index (χ4v) is 2.64. The quantitative estimate of drug-likeness (QED) is 0.826. The molecule has 1 aliphatic carbocycles. The highest BCUT2D eigenvalue weighted by atomic mass is 15.2. The zero-order valence-electron chi connectivity index (χ0n) is 11.7. The van der Waals surface area contributed by atoms with E-state index in [2.05, 4.69) is 22.3 Å². The largest absolute Gasteiger partial charge is 0.354 e. The number of pyridine rings is 1. The highest BCUT2D eigenvalue weighted by molar-refractivity contribution is 5.43. The molecule has 3 heteroatoms. The maximum Gasteiger partial charge on any atom is 0.128 e. The van der Waals surface area contributed by atoms with Crippen LogP contribution in [-0.2, 0) is 12.8 Å². The Morgan fingerprint density at radius 1 is 1.06 bits per heavy atom. The maximum absolute atomic E-state index is 4.84. The van der Waals surface area contributed by atoms with Gasteiger partial charge in [-0.2, -0.15) is 0 Å². The maximum atomic E-state index is 4.84. The number of hydrogen-bond acceptors (Lipinski definition) is 3. The van der Waals surface area contributed by atoms with Crippen LogP contribution < -0.4 is 10.2 Å². The van der Waals surface area contributed by atoms with E-state index in [1.807, 2.05) is 13.8 Å². The van der Waals surface area contributed by atoms with Crippen LogP contribution in [0.5, 0.6) is 0 Å². The van der Waals surface area contributed by atoms with E-state index in [1.54, 1.807) is 0 Å². The number of anilines is 1. The molecule has 100 valence electrons. The summed E-state index contributed by atoms with van der Waals surface area (Å²) in [6.07, 6.45) is 5.05. The summed E-state index contributed by atoms with van der Waals surface area (Å²) in [5, 5.41) is 3.38. The summed E-state index contributed by atoms with van der Waals surface area (Å²) in [5.41, 5.74) is 2.83. The number of piperazine rings is 1. The van der Waals surface area contributed by atoms with Crippen molar-refractivity contribution in [3.05, 3.63) is 23.4 Å². The van der Waals surface area contributed by atoms with Gasteiger partial charge in [-0.05, 0) is 37.3 Å². The number of aryl methyl sites for hydroxylation is 2. The zero-order valence-corrected chi connectivity index (χ0v) is 11.7. The molecule has 1 N–H and O–H groups in total. The Labute approximate surface area is 111 Å². The van der Waals surface area contributed by atoms with Crippen molar-refractivity contribution in [2.24, 2.45) is 0 Å². The van der Waals surface area contributed by atoms with Crippen molar-refractivity contribution >= 4 is 5.82 Å². The van der Waals surface area contributed by atoms with Crippen molar-refractivity contribution in [2.45, 2.75) is 39.5 Å². The van der Waals surface area contributed by atoms with Gasteiger partial charge in [0.15, 0.2) is 0 Å². The monoisotopic (exact) mass is 247 g/mol. The second-order valence-electron chi connectivity index (χ2n) is 4.72. The molecule has 1 aromatic rings. The second-order valence-corrected chi connectivity index (χ2v) is 4.72. The van der Waals surface area contributed by atoms with E-state index in [9.17, 15) is 0 Å². The fraction of sp³-hybridized carbons (Fsp3) is 0.667. The highest BCUT2D eigenvalue weighted by Crippen LogP contribution is 2.22. The third-order valence-corrected chi connectivity index (χ3v) is 3.60. The molecule has 0 spiro atoms. The van der Waals surface area contributed by atoms with Crippen molar-refractivity contribution in [3.8, 4) is 0 Å². The standard InChI is InChI=1S/C13H19N3.C2H6/c1-2-4-12-11(3-1)5-6-13(15-12)16-9-7-14-8-10-16;1-2/h5-6,14H,1-4,7-10H2;1-2H3. The number of fused-ring (bicyclic) bond motifs is 1. The number of nitrogens with one attached hydrogen (secondary N) is 1. The SMILES string of the molecule is CC.c1cc2c(nc1N1CCNCC1)CCCC2. The van der Waals surface area contributed by atoms with Crippen molar-refractivity contribution in [2.75, 3.05) is 31.1 Å². The molecule has 0 amide bonds. The first kappa shape index (κ1) is 13.3. The summed E-state index contributed by atoms with van der Waals surface area (Å²) >= 11 is 0. The van der Waals surface area contributed by atoms with Crippen LogP contribution in [0.25, 0.3) is 0 Å². The first-order valence-corrected chi connectivity index (χ1v) is 7.38. The van der Waals surface area contributed by atoms with Crippen LogP contribution in [0.4, 0.5) is 5.82 Å². The third kappa shape index (κ3) is 3.02. The molecule has 1 saturated heterocycles. The number of aromatic nitrogens is 1. The molecular formula is C15H25N3. The van der Waals surface area contributed by atoms with E-state index < -0.39 is 0 Å². The molecule has 1 aliphatic heterocycles. The predicted molar refractivity (Wildman–Crippen MR) is 77.3 cm³/mol. The molecule has 0 bridgehead atoms. The number of nitrogens with zero attached hydrogens (tertiary/aromatic N) is 2. The van der Waals surface area contributed by atoms with Crippen molar-refractivity contribution in [1.29, 1.82) is 0 Å². The average molecular weight is 247 g/mol. The van der Waals surface area contributed by atoms with Crippen molar-refractivity contribution in [1.82, 2.24) is 10.3 Å². The van der Waals surface area contributed by atoms with E-state index in [-0.39, 0.29) is 0 Å². The molecule has 0 saturated carbocycles. The summed E-state index contributed by atoms with van der Waals surface area (Å²) in [6.45, 7) is 8.34. The molecule has 1 fully saturated rings. The molecule has 0 unspecified atom stereocenters. The Bertz CT molecular complexity index is 370. The minimum atomic E-state index is 1.08. The summed E-state index contributed by atoms with van der Waals surface area (Å²) in [6, 6.07) is 4.49. The van der Waals surface area contributed by atoms with Crippen LogP contribution in [0, 0.1) is 0 Å². The molecule has 0 aromatic carbocycles. The molecule has 18 heavy (non-hydrogen) atoms. The van der Waals surface area contributed by atoms with Crippen molar-refractivity contribution < 1.29 is 0 Å². The van der Waals surface area contributed by atoms with Gasteiger partial charge in [0.2, 0.25) is 0 Å². The van der Waals surface area contributed by atoms with Crippen LogP contribution in [0.2, 0.25) is 0 Å². The molecule has 2 heterocycles. The molecular weight excluding hydrogens is 222 g/mol. The minimum Gasteiger partial charge on any atom is -0.354 e. The first-order valence-electron chi connectivity index (χ1n) is 7.38. The average Bonchev–Trinajstić information content (AvgIpc) is 2.50. The van der Waals surface area contributed by atoms with Gasteiger partial charge in [-0.1, -0.05) is 19.9 Å².